The van der Waals surface area contributed by atoms with E-state index in [0.717, 1.165) is 5.82 Å². The molecule has 0 fully saturated rings. The molecule has 0 aliphatic carbocycles. The molecule has 0 aromatic rings. The average molecular weight is 187 g/mol. The lowest BCUT2D eigenvalue weighted by atomic mass is 10.7. The van der Waals surface area contributed by atoms with Crippen LogP contribution in [0.1, 0.15) is 0 Å². The monoisotopic (exact) mass is 186 g/mol. The number of ether oxygens (including phenoxy) is 1. The van der Waals surface area contributed by atoms with Gasteiger partial charge in [0.2, 0.25) is 0 Å². The molecule has 0 amide bonds. The summed E-state index contributed by atoms with van der Waals surface area (Å²) in [5, 5.41) is 0. The van der Waals surface area contributed by atoms with Gasteiger partial charge in [-0.25, -0.2) is 0 Å². The van der Waals surface area contributed by atoms with Gasteiger partial charge in [-0.15, -0.1) is 0 Å². The van der Waals surface area contributed by atoms with Gasteiger partial charge in [0.15, 0.2) is 0 Å². The molecular formula is C4H8ClO4P. The molecule has 4 nitrogen and oxygen atoms in total. The summed E-state index contributed by atoms with van der Waals surface area (Å²) in [6.45, 7) is 0.120. The highest BCUT2D eigenvalue weighted by Crippen LogP contribution is 2.35. The number of hydrogen-bond donors (Lipinski definition) is 2. The molecule has 0 rings (SSSR count). The first-order chi connectivity index (χ1) is 4.56. The maximum absolute atomic E-state index is 10.1. The lowest BCUT2D eigenvalue weighted by Crippen LogP contribution is -1.85. The van der Waals surface area contributed by atoms with Crippen molar-refractivity contribution in [2.75, 3.05) is 12.7 Å². The lowest BCUT2D eigenvalue weighted by Gasteiger charge is -1.94. The molecule has 0 saturated carbocycles. The Labute approximate surface area is 63.6 Å². The second-order valence-corrected chi connectivity index (χ2v) is 3.15. The summed E-state index contributed by atoms with van der Waals surface area (Å²) in [7, 11) is -4.01. The van der Waals surface area contributed by atoms with Gasteiger partial charge in [-0.1, -0.05) is 17.7 Å². The maximum atomic E-state index is 10.1. The Bertz CT molecular complexity index is 151. The highest BCUT2D eigenvalue weighted by molar-refractivity contribution is 7.55. The minimum atomic E-state index is -4.01. The van der Waals surface area contributed by atoms with Crippen LogP contribution in [-0.2, 0) is 9.30 Å². The van der Waals surface area contributed by atoms with Gasteiger partial charge >= 0.3 is 7.60 Å². The van der Waals surface area contributed by atoms with E-state index in [-0.39, 0.29) is 12.7 Å². The molecule has 0 atom stereocenters. The van der Waals surface area contributed by atoms with Gasteiger partial charge in [0.05, 0.1) is 6.61 Å². The Hall–Kier alpha value is 0.140. The van der Waals surface area contributed by atoms with E-state index < -0.39 is 7.60 Å². The summed E-state index contributed by atoms with van der Waals surface area (Å²) in [5.41, 5.74) is 0. The molecule has 0 aliphatic rings. The second kappa shape index (κ2) is 4.88. The van der Waals surface area contributed by atoms with E-state index in [1.54, 1.807) is 0 Å². The largest absolute Gasteiger partial charge is 0.362 e. The van der Waals surface area contributed by atoms with E-state index in [0.29, 0.717) is 0 Å². The predicted octanol–water partition coefficient (Wildman–Crippen LogP) is 0.891. The smallest absolute Gasteiger partial charge is 0.348 e. The van der Waals surface area contributed by atoms with Crippen LogP contribution in [0.5, 0.6) is 0 Å². The molecule has 0 radical (unpaired) electrons. The molecule has 2 N–H and O–H groups in total. The molecule has 0 bridgehead atoms. The first kappa shape index (κ1) is 10.1. The number of rotatable bonds is 4. The van der Waals surface area contributed by atoms with Crippen LogP contribution in [0.3, 0.4) is 0 Å². The van der Waals surface area contributed by atoms with Gasteiger partial charge in [0, 0.05) is 5.82 Å². The van der Waals surface area contributed by atoms with Crippen LogP contribution in [-0.4, -0.2) is 22.5 Å². The standard InChI is InChI=1S/C4H8ClO4P/c5-4-9-2-1-3-10(6,7)8/h1,3H,2,4H2,(H2,6,7,8)/b3-1+. The molecule has 0 aromatic heterocycles. The summed E-state index contributed by atoms with van der Waals surface area (Å²) in [5.74, 6) is 0.777. The SMILES string of the molecule is O=P(O)(O)/C=C/COCCl. The van der Waals surface area contributed by atoms with Gasteiger partial charge in [-0.3, -0.25) is 4.57 Å². The number of alkyl halides is 1. The molecule has 0 aromatic carbocycles. The van der Waals surface area contributed by atoms with E-state index >= 15 is 0 Å². The van der Waals surface area contributed by atoms with Gasteiger partial charge < -0.3 is 14.5 Å². The highest BCUT2D eigenvalue weighted by Gasteiger charge is 2.03. The normalized spacial score (nSPS) is 12.7. The fourth-order valence-electron chi connectivity index (χ4n) is 0.293. The van der Waals surface area contributed by atoms with Gasteiger partial charge in [-0.05, 0) is 0 Å². The molecular weight excluding hydrogens is 178 g/mol. The van der Waals surface area contributed by atoms with Crippen molar-refractivity contribution in [2.24, 2.45) is 0 Å². The Morgan fingerprint density at radius 1 is 1.60 bits per heavy atom. The van der Waals surface area contributed by atoms with Crippen molar-refractivity contribution in [1.29, 1.82) is 0 Å². The van der Waals surface area contributed by atoms with Crippen LogP contribution in [0.2, 0.25) is 0 Å². The topological polar surface area (TPSA) is 66.8 Å². The van der Waals surface area contributed by atoms with Crippen molar-refractivity contribution in [2.45, 2.75) is 0 Å². The third-order valence-corrected chi connectivity index (χ3v) is 1.34. The van der Waals surface area contributed by atoms with E-state index in [2.05, 4.69) is 4.74 Å². The fourth-order valence-corrected chi connectivity index (χ4v) is 0.743. The molecule has 6 heteroatoms. The van der Waals surface area contributed by atoms with Crippen LogP contribution in [0.15, 0.2) is 11.9 Å². The van der Waals surface area contributed by atoms with Crippen molar-refractivity contribution in [1.82, 2.24) is 0 Å². The molecule has 10 heavy (non-hydrogen) atoms. The Balaban J connectivity index is 3.47. The highest BCUT2D eigenvalue weighted by atomic mass is 35.5. The van der Waals surface area contributed by atoms with Crippen LogP contribution >= 0.6 is 19.2 Å². The zero-order valence-corrected chi connectivity index (χ0v) is 6.76. The average Bonchev–Trinajstić information content (AvgIpc) is 1.78. The van der Waals surface area contributed by atoms with E-state index in [1.807, 2.05) is 0 Å². The van der Waals surface area contributed by atoms with Crippen LogP contribution in [0.25, 0.3) is 0 Å². The lowest BCUT2D eigenvalue weighted by molar-refractivity contribution is 0.212. The quantitative estimate of drug-likeness (QED) is 0.389. The van der Waals surface area contributed by atoms with E-state index in [1.165, 1.54) is 6.08 Å². The third-order valence-electron chi connectivity index (χ3n) is 0.591. The molecule has 0 heterocycles. The van der Waals surface area contributed by atoms with Crippen molar-refractivity contribution in [3.05, 3.63) is 11.9 Å². The summed E-state index contributed by atoms with van der Waals surface area (Å²) in [6, 6.07) is 0.0193. The fraction of sp³-hybridized carbons (Fsp3) is 0.500. The Morgan fingerprint density at radius 3 is 2.60 bits per heavy atom. The predicted molar refractivity (Wildman–Crippen MR) is 37.9 cm³/mol. The van der Waals surface area contributed by atoms with E-state index in [4.69, 9.17) is 21.4 Å². The van der Waals surface area contributed by atoms with Gasteiger partial charge in [0.1, 0.15) is 6.07 Å². The first-order valence-corrected chi connectivity index (χ1v) is 4.64. The van der Waals surface area contributed by atoms with Crippen molar-refractivity contribution >= 4 is 19.2 Å². The Kier molecular flexibility index (Phi) is 4.95. The minimum absolute atomic E-state index is 0.0193. The van der Waals surface area contributed by atoms with E-state index in [9.17, 15) is 4.57 Å². The summed E-state index contributed by atoms with van der Waals surface area (Å²) in [4.78, 5) is 16.5. The summed E-state index contributed by atoms with van der Waals surface area (Å²) >= 11 is 5.10. The minimum Gasteiger partial charge on any atom is -0.362 e. The maximum Gasteiger partial charge on any atom is 0.348 e. The molecule has 0 aliphatic heterocycles. The zero-order chi connectivity index (χ0) is 8.04. The Morgan fingerprint density at radius 2 is 2.20 bits per heavy atom. The summed E-state index contributed by atoms with van der Waals surface area (Å²) < 4.78 is 14.7. The number of halogens is 1. The van der Waals surface area contributed by atoms with Crippen molar-refractivity contribution < 1.29 is 19.1 Å². The van der Waals surface area contributed by atoms with Gasteiger partial charge in [-0.2, -0.15) is 0 Å². The van der Waals surface area contributed by atoms with Gasteiger partial charge in [0.25, 0.3) is 0 Å². The molecule has 0 unspecified atom stereocenters. The number of hydrogen-bond acceptors (Lipinski definition) is 2. The van der Waals surface area contributed by atoms with Crippen LogP contribution in [0.4, 0.5) is 0 Å². The third kappa shape index (κ3) is 8.14. The van der Waals surface area contributed by atoms with Crippen molar-refractivity contribution in [3.63, 3.8) is 0 Å². The second-order valence-electron chi connectivity index (χ2n) is 1.45. The van der Waals surface area contributed by atoms with Crippen LogP contribution < -0.4 is 0 Å². The summed E-state index contributed by atoms with van der Waals surface area (Å²) in [6.07, 6.45) is 1.23. The molecule has 0 saturated heterocycles. The molecule has 0 spiro atoms. The first-order valence-electron chi connectivity index (χ1n) is 2.43. The van der Waals surface area contributed by atoms with Crippen LogP contribution in [0, 0.1) is 0 Å². The van der Waals surface area contributed by atoms with Crippen molar-refractivity contribution in [3.8, 4) is 0 Å². The zero-order valence-electron chi connectivity index (χ0n) is 5.11. The molecule has 60 valence electrons.